The maximum absolute atomic E-state index is 11.1. The van der Waals surface area contributed by atoms with Gasteiger partial charge >= 0.3 is 5.97 Å². The second-order valence-corrected chi connectivity index (χ2v) is 9.44. The summed E-state index contributed by atoms with van der Waals surface area (Å²) in [7, 11) is 0. The zero-order valence-corrected chi connectivity index (χ0v) is 20.6. The van der Waals surface area contributed by atoms with Crippen LogP contribution in [-0.4, -0.2) is 11.0 Å². The van der Waals surface area contributed by atoms with Crippen molar-refractivity contribution >= 4 is 5.97 Å². The molecule has 1 aliphatic rings. The van der Waals surface area contributed by atoms with Gasteiger partial charge in [-0.3, -0.25) is 9.78 Å². The van der Waals surface area contributed by atoms with Gasteiger partial charge in [-0.2, -0.15) is 0 Å². The molecule has 0 radical (unpaired) electrons. The molecule has 0 spiro atoms. The topological polar surface area (TPSA) is 61.6 Å². The van der Waals surface area contributed by atoms with Crippen molar-refractivity contribution in [2.75, 3.05) is 0 Å². The predicted octanol–water partition coefficient (Wildman–Crippen LogP) is 7.77. The molecule has 1 heterocycles. The summed E-state index contributed by atoms with van der Waals surface area (Å²) in [5.41, 5.74) is 4.22. The standard InChI is InChI=1S/C31H31NO4/c1-22(33)35-36-27-17-10-16-26(21-27)28-18-9-8-11-23(28)19-20-29-32-30(24-12-4-2-5-13-24)31(34-29)25-14-6-3-7-15-25/h2-7,10,12-17,21,23,28H,8-9,11,18-20H2,1H3. The van der Waals surface area contributed by atoms with E-state index in [1.54, 1.807) is 0 Å². The molecule has 184 valence electrons. The minimum atomic E-state index is -0.466. The zero-order valence-electron chi connectivity index (χ0n) is 20.6. The number of oxazole rings is 1. The average Bonchev–Trinajstić information content (AvgIpc) is 3.36. The molecular formula is C31H31NO4. The lowest BCUT2D eigenvalue weighted by atomic mass is 9.73. The lowest BCUT2D eigenvalue weighted by Gasteiger charge is -2.32. The lowest BCUT2D eigenvalue weighted by Crippen LogP contribution is -2.18. The van der Waals surface area contributed by atoms with E-state index in [0.717, 1.165) is 47.7 Å². The minimum Gasteiger partial charge on any atom is -0.440 e. The number of benzene rings is 3. The van der Waals surface area contributed by atoms with Crippen molar-refractivity contribution < 1.29 is 19.0 Å². The van der Waals surface area contributed by atoms with Crippen LogP contribution >= 0.6 is 0 Å². The Morgan fingerprint density at radius 1 is 0.917 bits per heavy atom. The smallest absolute Gasteiger partial charge is 0.352 e. The number of carbonyl (C=O) groups excluding carboxylic acids is 1. The summed E-state index contributed by atoms with van der Waals surface area (Å²) < 4.78 is 6.38. The van der Waals surface area contributed by atoms with Crippen molar-refractivity contribution in [1.82, 2.24) is 4.98 Å². The fraction of sp³-hybridized carbons (Fsp3) is 0.290. The normalized spacial score (nSPS) is 17.5. The van der Waals surface area contributed by atoms with Gasteiger partial charge in [0.05, 0.1) is 0 Å². The van der Waals surface area contributed by atoms with Crippen LogP contribution in [0.1, 0.15) is 56.4 Å². The summed E-state index contributed by atoms with van der Waals surface area (Å²) in [6.07, 6.45) is 6.56. The molecule has 0 saturated heterocycles. The monoisotopic (exact) mass is 481 g/mol. The number of nitrogens with zero attached hydrogens (tertiary/aromatic N) is 1. The summed E-state index contributed by atoms with van der Waals surface area (Å²) in [4.78, 5) is 26.0. The highest BCUT2D eigenvalue weighted by molar-refractivity contribution is 5.76. The third kappa shape index (κ3) is 5.68. The first-order chi connectivity index (χ1) is 17.7. The summed E-state index contributed by atoms with van der Waals surface area (Å²) in [6, 6.07) is 28.4. The van der Waals surface area contributed by atoms with Crippen LogP contribution < -0.4 is 4.89 Å². The first-order valence-corrected chi connectivity index (χ1v) is 12.7. The first-order valence-electron chi connectivity index (χ1n) is 12.7. The highest BCUT2D eigenvalue weighted by Gasteiger charge is 2.28. The Bertz CT molecular complexity index is 1230. The van der Waals surface area contributed by atoms with Gasteiger partial charge in [-0.25, -0.2) is 9.78 Å². The lowest BCUT2D eigenvalue weighted by molar-refractivity contribution is -0.210. The van der Waals surface area contributed by atoms with E-state index in [9.17, 15) is 4.79 Å². The van der Waals surface area contributed by atoms with E-state index in [-0.39, 0.29) is 0 Å². The van der Waals surface area contributed by atoms with Crippen LogP contribution in [0.4, 0.5) is 0 Å². The third-order valence-electron chi connectivity index (χ3n) is 6.93. The number of carbonyl (C=O) groups is 1. The van der Waals surface area contributed by atoms with E-state index in [1.165, 1.54) is 31.7 Å². The molecule has 3 aromatic carbocycles. The molecule has 0 bridgehead atoms. The van der Waals surface area contributed by atoms with Gasteiger partial charge in [0.15, 0.2) is 17.4 Å². The Morgan fingerprint density at radius 3 is 2.39 bits per heavy atom. The molecule has 0 aliphatic heterocycles. The van der Waals surface area contributed by atoms with Gasteiger partial charge in [0.2, 0.25) is 0 Å². The Balaban J connectivity index is 1.35. The molecule has 0 amide bonds. The highest BCUT2D eigenvalue weighted by atomic mass is 17.2. The van der Waals surface area contributed by atoms with Crippen LogP contribution in [-0.2, 0) is 16.1 Å². The van der Waals surface area contributed by atoms with Crippen LogP contribution in [0.3, 0.4) is 0 Å². The third-order valence-corrected chi connectivity index (χ3v) is 6.93. The Kier molecular flexibility index (Phi) is 7.46. The summed E-state index contributed by atoms with van der Waals surface area (Å²) in [5, 5.41) is 0. The van der Waals surface area contributed by atoms with Crippen LogP contribution in [0, 0.1) is 5.92 Å². The molecule has 1 saturated carbocycles. The minimum absolute atomic E-state index is 0.428. The van der Waals surface area contributed by atoms with Gasteiger partial charge in [-0.15, -0.1) is 0 Å². The highest BCUT2D eigenvalue weighted by Crippen LogP contribution is 2.41. The van der Waals surface area contributed by atoms with E-state index >= 15 is 0 Å². The van der Waals surface area contributed by atoms with Gasteiger partial charge in [-0.1, -0.05) is 85.6 Å². The van der Waals surface area contributed by atoms with Crippen LogP contribution in [0.25, 0.3) is 22.6 Å². The second kappa shape index (κ2) is 11.3. The first kappa shape index (κ1) is 23.9. The summed E-state index contributed by atoms with van der Waals surface area (Å²) >= 11 is 0. The maximum Gasteiger partial charge on any atom is 0.352 e. The molecule has 1 fully saturated rings. The SMILES string of the molecule is CC(=O)OOc1cccc(C2CCCCC2CCc2nc(-c3ccccc3)c(-c3ccccc3)o2)c1. The molecule has 36 heavy (non-hydrogen) atoms. The number of aromatic nitrogens is 1. The largest absolute Gasteiger partial charge is 0.440 e. The molecule has 5 nitrogen and oxygen atoms in total. The number of hydrogen-bond acceptors (Lipinski definition) is 5. The Morgan fingerprint density at radius 2 is 1.64 bits per heavy atom. The van der Waals surface area contributed by atoms with Gasteiger partial charge in [0.25, 0.3) is 0 Å². The molecule has 1 aromatic heterocycles. The van der Waals surface area contributed by atoms with Gasteiger partial charge in [0, 0.05) is 24.5 Å². The average molecular weight is 482 g/mol. The molecule has 5 heteroatoms. The van der Waals surface area contributed by atoms with Crippen molar-refractivity contribution in [2.24, 2.45) is 5.92 Å². The van der Waals surface area contributed by atoms with Crippen LogP contribution in [0.15, 0.2) is 89.3 Å². The quantitative estimate of drug-likeness (QED) is 0.190. The van der Waals surface area contributed by atoms with Crippen molar-refractivity contribution in [3.05, 3.63) is 96.4 Å². The van der Waals surface area contributed by atoms with E-state index in [4.69, 9.17) is 19.2 Å². The fourth-order valence-corrected chi connectivity index (χ4v) is 5.25. The van der Waals surface area contributed by atoms with Crippen molar-refractivity contribution in [3.63, 3.8) is 0 Å². The maximum atomic E-state index is 11.1. The number of rotatable bonds is 8. The van der Waals surface area contributed by atoms with Gasteiger partial charge in [0.1, 0.15) is 5.69 Å². The van der Waals surface area contributed by atoms with E-state index < -0.39 is 5.97 Å². The van der Waals surface area contributed by atoms with E-state index in [2.05, 4.69) is 30.3 Å². The van der Waals surface area contributed by atoms with Gasteiger partial charge < -0.3 is 4.42 Å². The molecule has 0 N–H and O–H groups in total. The molecule has 2 unspecified atom stereocenters. The van der Waals surface area contributed by atoms with Crippen LogP contribution in [0.5, 0.6) is 5.75 Å². The fourth-order valence-electron chi connectivity index (χ4n) is 5.25. The number of hydrogen-bond donors (Lipinski definition) is 0. The summed E-state index contributed by atoms with van der Waals surface area (Å²) in [5.74, 6) is 2.65. The van der Waals surface area contributed by atoms with E-state index in [0.29, 0.717) is 17.6 Å². The molecule has 4 aromatic rings. The zero-order chi connectivity index (χ0) is 24.7. The van der Waals surface area contributed by atoms with Crippen LogP contribution in [0.2, 0.25) is 0 Å². The molecule has 2 atom stereocenters. The van der Waals surface area contributed by atoms with Gasteiger partial charge in [-0.05, 0) is 48.8 Å². The second-order valence-electron chi connectivity index (χ2n) is 9.44. The molecular weight excluding hydrogens is 450 g/mol. The molecule has 5 rings (SSSR count). The van der Waals surface area contributed by atoms with E-state index in [1.807, 2.05) is 54.6 Å². The van der Waals surface area contributed by atoms with Crippen molar-refractivity contribution in [2.45, 2.75) is 51.4 Å². The summed E-state index contributed by atoms with van der Waals surface area (Å²) in [6.45, 7) is 1.33. The van der Waals surface area contributed by atoms with Crippen molar-refractivity contribution in [1.29, 1.82) is 0 Å². The Hall–Kier alpha value is -3.86. The predicted molar refractivity (Wildman–Crippen MR) is 139 cm³/mol. The number of aryl methyl sites for hydroxylation is 1. The molecule has 1 aliphatic carbocycles. The Labute approximate surface area is 212 Å². The van der Waals surface area contributed by atoms with Crippen molar-refractivity contribution in [3.8, 4) is 28.3 Å².